The topological polar surface area (TPSA) is 9.23 Å². The smallest absolute Gasteiger partial charge is 0 e. The van der Waals surface area contributed by atoms with Crippen LogP contribution < -0.4 is 0 Å². The number of rotatable bonds is 2. The number of ether oxygens (including phenoxy) is 1. The fourth-order valence-corrected chi connectivity index (χ4v) is 0.276. The summed E-state index contributed by atoms with van der Waals surface area (Å²) in [4.78, 5) is 0. The zero-order valence-electron chi connectivity index (χ0n) is 5.61. The molecule has 0 saturated carbocycles. The number of hydrogen-bond donors (Lipinski definition) is 0. The van der Waals surface area contributed by atoms with E-state index in [4.69, 9.17) is 4.74 Å². The minimum atomic E-state index is -0.262. The van der Waals surface area contributed by atoms with Crippen LogP contribution in [0.1, 0.15) is 13.8 Å². The Kier molecular flexibility index (Phi) is 7.23. The van der Waals surface area contributed by atoms with Gasteiger partial charge >= 0.3 is 0 Å². The van der Waals surface area contributed by atoms with Crippen molar-refractivity contribution >= 4 is 0 Å². The Morgan fingerprint density at radius 2 is 1.88 bits per heavy atom. The molecule has 0 aromatic carbocycles. The van der Waals surface area contributed by atoms with Crippen LogP contribution in [0.15, 0.2) is 0 Å². The Morgan fingerprint density at radius 3 is 1.88 bits per heavy atom. The summed E-state index contributed by atoms with van der Waals surface area (Å²) in [6.07, 6.45) is 0. The van der Waals surface area contributed by atoms with E-state index in [9.17, 15) is 0 Å². The van der Waals surface area contributed by atoms with E-state index in [1.807, 2.05) is 13.8 Å². The Bertz CT molecular complexity index is 47.0. The van der Waals surface area contributed by atoms with E-state index in [1.54, 1.807) is 0 Å². The average Bonchev–Trinajstić information content (AvgIpc) is 1.30. The van der Waals surface area contributed by atoms with Gasteiger partial charge in [0.2, 0.25) is 0 Å². The summed E-state index contributed by atoms with van der Waals surface area (Å²) in [7, 11) is 0. The van der Waals surface area contributed by atoms with Crippen LogP contribution in [0.2, 0.25) is 0 Å². The molecule has 0 atom stereocenters. The van der Waals surface area contributed by atoms with Gasteiger partial charge in [0, 0.05) is 32.7 Å². The van der Waals surface area contributed by atoms with Crippen LogP contribution >= 0.6 is 0 Å². The van der Waals surface area contributed by atoms with Crippen molar-refractivity contribution in [2.45, 2.75) is 19.4 Å². The Morgan fingerprint density at radius 1 is 1.50 bits per heavy atom. The van der Waals surface area contributed by atoms with E-state index in [0.29, 0.717) is 6.61 Å². The normalized spacial score (nSPS) is 10.5. The molecule has 0 rings (SSSR count). The largest absolute Gasteiger partial charge is 0.440 e. The van der Waals surface area contributed by atoms with E-state index < -0.39 is 0 Å². The summed E-state index contributed by atoms with van der Waals surface area (Å²) in [5, 5.41) is 0. The van der Waals surface area contributed by atoms with E-state index in [2.05, 4.69) is 13.8 Å². The van der Waals surface area contributed by atoms with Gasteiger partial charge in [0.05, 0.1) is 0 Å². The maximum absolute atomic E-state index is 5.01. The molecular formula is C6H12OY-2. The van der Waals surface area contributed by atoms with Crippen LogP contribution in [0.25, 0.3) is 0 Å². The van der Waals surface area contributed by atoms with Crippen molar-refractivity contribution < 1.29 is 37.4 Å². The van der Waals surface area contributed by atoms with Crippen molar-refractivity contribution in [1.82, 2.24) is 0 Å². The minimum absolute atomic E-state index is 0. The summed E-state index contributed by atoms with van der Waals surface area (Å²) in [6, 6.07) is 0. The van der Waals surface area contributed by atoms with Gasteiger partial charge in [0.1, 0.15) is 0 Å². The summed E-state index contributed by atoms with van der Waals surface area (Å²) < 4.78 is 5.01. The molecule has 0 spiro atoms. The summed E-state index contributed by atoms with van der Waals surface area (Å²) >= 11 is 0. The zero-order chi connectivity index (χ0) is 5.91. The summed E-state index contributed by atoms with van der Waals surface area (Å²) in [6.45, 7) is 11.5. The van der Waals surface area contributed by atoms with Gasteiger partial charge in [-0.3, -0.25) is 0 Å². The first-order chi connectivity index (χ1) is 3.06. The third-order valence-electron chi connectivity index (χ3n) is 0.493. The van der Waals surface area contributed by atoms with Crippen LogP contribution in [0.4, 0.5) is 0 Å². The van der Waals surface area contributed by atoms with Crippen molar-refractivity contribution in [2.24, 2.45) is 0 Å². The number of hydrogen-bond acceptors (Lipinski definition) is 1. The first-order valence-corrected chi connectivity index (χ1v) is 2.35. The Labute approximate surface area is 77.1 Å². The second-order valence-corrected chi connectivity index (χ2v) is 2.11. The SMILES string of the molecule is [CH2-]COC([CH2-])(C)C.[Y]. The van der Waals surface area contributed by atoms with Crippen molar-refractivity contribution in [1.29, 1.82) is 0 Å². The van der Waals surface area contributed by atoms with Crippen LogP contribution in [-0.2, 0) is 37.4 Å². The third kappa shape index (κ3) is 10.1. The molecule has 0 N–H and O–H groups in total. The predicted molar refractivity (Wildman–Crippen MR) is 30.7 cm³/mol. The monoisotopic (exact) mass is 189 g/mol. The predicted octanol–water partition coefficient (Wildman–Crippen LogP) is 1.45. The first-order valence-electron chi connectivity index (χ1n) is 2.35. The van der Waals surface area contributed by atoms with Gasteiger partial charge in [-0.2, -0.15) is 0 Å². The fraction of sp³-hybridized carbons (Fsp3) is 0.667. The molecular weight excluding hydrogens is 177 g/mol. The molecule has 8 heavy (non-hydrogen) atoms. The van der Waals surface area contributed by atoms with Crippen LogP contribution in [0.5, 0.6) is 0 Å². The van der Waals surface area contributed by atoms with Crippen molar-refractivity contribution in [2.75, 3.05) is 6.61 Å². The fourth-order valence-electron chi connectivity index (χ4n) is 0.276. The summed E-state index contributed by atoms with van der Waals surface area (Å²) in [5.74, 6) is 0. The molecule has 2 heteroatoms. The van der Waals surface area contributed by atoms with Gasteiger partial charge in [-0.15, -0.1) is 0 Å². The molecule has 0 bridgehead atoms. The standard InChI is InChI=1S/C6H12O.Y/c1-5-7-6(2,3)4;/h1-2,5H2,3-4H3;/q-2;. The van der Waals surface area contributed by atoms with Gasteiger partial charge in [-0.1, -0.05) is 26.1 Å². The molecule has 0 heterocycles. The molecule has 0 fully saturated rings. The molecule has 47 valence electrons. The molecule has 1 radical (unpaired) electrons. The van der Waals surface area contributed by atoms with Crippen molar-refractivity contribution in [3.8, 4) is 0 Å². The van der Waals surface area contributed by atoms with Crippen molar-refractivity contribution in [3.05, 3.63) is 13.8 Å². The van der Waals surface area contributed by atoms with Gasteiger partial charge < -0.3 is 18.6 Å². The molecule has 0 aliphatic rings. The molecule has 0 unspecified atom stereocenters. The molecule has 0 aromatic heterocycles. The molecule has 0 saturated heterocycles. The molecule has 0 amide bonds. The molecule has 0 aliphatic carbocycles. The minimum Gasteiger partial charge on any atom is -0.440 e. The van der Waals surface area contributed by atoms with Gasteiger partial charge in [-0.05, 0) is 0 Å². The van der Waals surface area contributed by atoms with Crippen LogP contribution in [0.3, 0.4) is 0 Å². The summed E-state index contributed by atoms with van der Waals surface area (Å²) in [5.41, 5.74) is -0.262. The van der Waals surface area contributed by atoms with Gasteiger partial charge in [0.25, 0.3) is 0 Å². The zero-order valence-corrected chi connectivity index (χ0v) is 8.45. The van der Waals surface area contributed by atoms with Gasteiger partial charge in [-0.25, -0.2) is 0 Å². The van der Waals surface area contributed by atoms with Crippen LogP contribution in [-0.4, -0.2) is 12.2 Å². The van der Waals surface area contributed by atoms with E-state index in [0.717, 1.165) is 0 Å². The average molecular weight is 189 g/mol. The third-order valence-corrected chi connectivity index (χ3v) is 0.493. The quantitative estimate of drug-likeness (QED) is 0.597. The van der Waals surface area contributed by atoms with Gasteiger partial charge in [0.15, 0.2) is 0 Å². The second kappa shape index (κ2) is 4.90. The molecule has 0 aliphatic heterocycles. The van der Waals surface area contributed by atoms with Crippen molar-refractivity contribution in [3.63, 3.8) is 0 Å². The van der Waals surface area contributed by atoms with E-state index in [-0.39, 0.29) is 38.3 Å². The Hall–Kier alpha value is 1.06. The van der Waals surface area contributed by atoms with Crippen LogP contribution in [0, 0.1) is 13.8 Å². The maximum atomic E-state index is 5.01. The second-order valence-electron chi connectivity index (χ2n) is 2.11. The molecule has 1 nitrogen and oxygen atoms in total. The Balaban J connectivity index is 0. The molecule has 0 aromatic rings. The first kappa shape index (κ1) is 11.8. The maximum Gasteiger partial charge on any atom is 0 e. The van der Waals surface area contributed by atoms with E-state index in [1.165, 1.54) is 0 Å². The van der Waals surface area contributed by atoms with E-state index >= 15 is 0 Å².